The monoisotopic (exact) mass is 364 g/mol. The summed E-state index contributed by atoms with van der Waals surface area (Å²) < 4.78 is 5.99. The molecule has 0 saturated carbocycles. The minimum absolute atomic E-state index is 0.748. The van der Waals surface area contributed by atoms with Gasteiger partial charge in [-0.1, -0.05) is 55.0 Å². The standard InChI is InChI=1S/C24H32N2O/c1-4-20(2)24(21-8-6-5-7-9-21)22-10-12-23(13-11-22)27-19-18-26-16-14-25(3)15-17-26/h5-13H,4,14-19H2,1-3H3/b24-20-. The van der Waals surface area contributed by atoms with Crippen molar-refractivity contribution in [3.05, 3.63) is 71.3 Å². The van der Waals surface area contributed by atoms with E-state index < -0.39 is 0 Å². The van der Waals surface area contributed by atoms with Crippen molar-refractivity contribution >= 4 is 5.57 Å². The summed E-state index contributed by atoms with van der Waals surface area (Å²) >= 11 is 0. The largest absolute Gasteiger partial charge is 0.492 e. The molecule has 0 amide bonds. The lowest BCUT2D eigenvalue weighted by Gasteiger charge is -2.32. The summed E-state index contributed by atoms with van der Waals surface area (Å²) in [5.74, 6) is 0.953. The summed E-state index contributed by atoms with van der Waals surface area (Å²) in [4.78, 5) is 4.86. The number of rotatable bonds is 7. The third kappa shape index (κ3) is 5.44. The molecule has 3 heteroatoms. The molecule has 1 aliphatic heterocycles. The van der Waals surface area contributed by atoms with Gasteiger partial charge in [-0.25, -0.2) is 0 Å². The van der Waals surface area contributed by atoms with Crippen molar-refractivity contribution in [2.75, 3.05) is 46.4 Å². The minimum Gasteiger partial charge on any atom is -0.492 e. The molecular formula is C24H32N2O. The topological polar surface area (TPSA) is 15.7 Å². The van der Waals surface area contributed by atoms with Gasteiger partial charge in [0.15, 0.2) is 0 Å². The van der Waals surface area contributed by atoms with E-state index in [4.69, 9.17) is 4.74 Å². The van der Waals surface area contributed by atoms with Gasteiger partial charge in [-0.15, -0.1) is 0 Å². The third-order valence-corrected chi connectivity index (χ3v) is 5.43. The summed E-state index contributed by atoms with van der Waals surface area (Å²) in [6.45, 7) is 10.8. The predicted molar refractivity (Wildman–Crippen MR) is 114 cm³/mol. The highest BCUT2D eigenvalue weighted by Gasteiger charge is 2.13. The molecule has 144 valence electrons. The van der Waals surface area contributed by atoms with Crippen LogP contribution in [0.15, 0.2) is 60.2 Å². The first-order chi connectivity index (χ1) is 13.2. The molecule has 0 atom stereocenters. The first-order valence-electron chi connectivity index (χ1n) is 10.1. The summed E-state index contributed by atoms with van der Waals surface area (Å²) in [5, 5.41) is 0. The Bertz CT molecular complexity index is 729. The Morgan fingerprint density at radius 3 is 2.15 bits per heavy atom. The molecule has 0 bridgehead atoms. The number of nitrogens with zero attached hydrogens (tertiary/aromatic N) is 2. The van der Waals surface area contributed by atoms with Crippen LogP contribution in [0.1, 0.15) is 31.4 Å². The number of piperazine rings is 1. The van der Waals surface area contributed by atoms with Gasteiger partial charge < -0.3 is 9.64 Å². The molecule has 1 fully saturated rings. The van der Waals surface area contributed by atoms with Gasteiger partial charge >= 0.3 is 0 Å². The van der Waals surface area contributed by atoms with Crippen LogP contribution in [-0.4, -0.2) is 56.2 Å². The fourth-order valence-electron chi connectivity index (χ4n) is 3.52. The summed E-state index contributed by atoms with van der Waals surface area (Å²) in [7, 11) is 2.19. The fourth-order valence-corrected chi connectivity index (χ4v) is 3.52. The smallest absolute Gasteiger partial charge is 0.119 e. The minimum atomic E-state index is 0.748. The maximum absolute atomic E-state index is 5.99. The molecule has 0 radical (unpaired) electrons. The van der Waals surface area contributed by atoms with Crippen LogP contribution < -0.4 is 4.74 Å². The number of hydrogen-bond donors (Lipinski definition) is 0. The van der Waals surface area contributed by atoms with E-state index in [9.17, 15) is 0 Å². The number of ether oxygens (including phenoxy) is 1. The van der Waals surface area contributed by atoms with Crippen LogP contribution in [0.5, 0.6) is 5.75 Å². The molecule has 0 aliphatic carbocycles. The molecule has 0 spiro atoms. The van der Waals surface area contributed by atoms with E-state index in [1.807, 2.05) is 0 Å². The van der Waals surface area contributed by atoms with Crippen LogP contribution >= 0.6 is 0 Å². The van der Waals surface area contributed by atoms with Crippen LogP contribution in [0.25, 0.3) is 5.57 Å². The number of likely N-dealkylation sites (N-methyl/N-ethyl adjacent to an activating group) is 1. The van der Waals surface area contributed by atoms with Gasteiger partial charge in [0.2, 0.25) is 0 Å². The first kappa shape index (κ1) is 19.7. The Kier molecular flexibility index (Phi) is 7.08. The van der Waals surface area contributed by atoms with E-state index >= 15 is 0 Å². The third-order valence-electron chi connectivity index (χ3n) is 5.43. The average Bonchev–Trinajstić information content (AvgIpc) is 2.71. The summed E-state index contributed by atoms with van der Waals surface area (Å²) in [6, 6.07) is 19.2. The van der Waals surface area contributed by atoms with Crippen molar-refractivity contribution in [3.8, 4) is 5.75 Å². The van der Waals surface area contributed by atoms with Crippen molar-refractivity contribution in [1.82, 2.24) is 9.80 Å². The zero-order valence-corrected chi connectivity index (χ0v) is 16.9. The summed E-state index contributed by atoms with van der Waals surface area (Å²) in [5.41, 5.74) is 5.28. The van der Waals surface area contributed by atoms with Crippen LogP contribution in [0.3, 0.4) is 0 Å². The van der Waals surface area contributed by atoms with Crippen molar-refractivity contribution in [1.29, 1.82) is 0 Å². The van der Waals surface area contributed by atoms with Gasteiger partial charge in [-0.2, -0.15) is 0 Å². The van der Waals surface area contributed by atoms with Gasteiger partial charge in [0.05, 0.1) is 0 Å². The molecule has 1 heterocycles. The molecule has 1 aliphatic rings. The number of hydrogen-bond acceptors (Lipinski definition) is 3. The molecule has 0 unspecified atom stereocenters. The fraction of sp³-hybridized carbons (Fsp3) is 0.417. The molecule has 0 aromatic heterocycles. The van der Waals surface area contributed by atoms with E-state index in [-0.39, 0.29) is 0 Å². The zero-order valence-electron chi connectivity index (χ0n) is 16.9. The van der Waals surface area contributed by atoms with Crippen LogP contribution in [0.2, 0.25) is 0 Å². The molecule has 0 N–H and O–H groups in total. The lowest BCUT2D eigenvalue weighted by Crippen LogP contribution is -2.45. The van der Waals surface area contributed by atoms with Gasteiger partial charge in [-0.05, 0) is 49.2 Å². The maximum Gasteiger partial charge on any atom is 0.119 e. The zero-order chi connectivity index (χ0) is 19.1. The second-order valence-corrected chi connectivity index (χ2v) is 7.39. The van der Waals surface area contributed by atoms with E-state index in [0.717, 1.165) is 51.5 Å². The normalized spacial score (nSPS) is 16.9. The van der Waals surface area contributed by atoms with E-state index in [1.165, 1.54) is 22.3 Å². The van der Waals surface area contributed by atoms with Crippen molar-refractivity contribution < 1.29 is 4.74 Å². The average molecular weight is 365 g/mol. The molecule has 3 rings (SSSR count). The Balaban J connectivity index is 1.62. The quantitative estimate of drug-likeness (QED) is 0.717. The lowest BCUT2D eigenvalue weighted by atomic mass is 9.92. The number of allylic oxidation sites excluding steroid dienone is 1. The van der Waals surface area contributed by atoms with Crippen LogP contribution in [0.4, 0.5) is 0 Å². The highest BCUT2D eigenvalue weighted by Crippen LogP contribution is 2.29. The van der Waals surface area contributed by atoms with Crippen LogP contribution in [0, 0.1) is 0 Å². The summed E-state index contributed by atoms with van der Waals surface area (Å²) in [6.07, 6.45) is 1.05. The second kappa shape index (κ2) is 9.72. The van der Waals surface area contributed by atoms with E-state index in [2.05, 4.69) is 85.3 Å². The second-order valence-electron chi connectivity index (χ2n) is 7.39. The highest BCUT2D eigenvalue weighted by atomic mass is 16.5. The van der Waals surface area contributed by atoms with Crippen molar-refractivity contribution in [2.45, 2.75) is 20.3 Å². The van der Waals surface area contributed by atoms with Gasteiger partial charge in [0.25, 0.3) is 0 Å². The SMILES string of the molecule is CC/C(C)=C(/c1ccccc1)c1ccc(OCCN2CCN(C)CC2)cc1. The molecule has 2 aromatic carbocycles. The molecule has 1 saturated heterocycles. The van der Waals surface area contributed by atoms with E-state index in [1.54, 1.807) is 0 Å². The Labute approximate surface area is 164 Å². The van der Waals surface area contributed by atoms with Gasteiger partial charge in [0, 0.05) is 32.7 Å². The molecular weight excluding hydrogens is 332 g/mol. The van der Waals surface area contributed by atoms with E-state index in [0.29, 0.717) is 0 Å². The van der Waals surface area contributed by atoms with Gasteiger partial charge in [-0.3, -0.25) is 4.90 Å². The molecule has 3 nitrogen and oxygen atoms in total. The van der Waals surface area contributed by atoms with Crippen molar-refractivity contribution in [3.63, 3.8) is 0 Å². The lowest BCUT2D eigenvalue weighted by molar-refractivity contribution is 0.134. The highest BCUT2D eigenvalue weighted by molar-refractivity contribution is 5.82. The molecule has 27 heavy (non-hydrogen) atoms. The Morgan fingerprint density at radius 2 is 1.52 bits per heavy atom. The molecule has 2 aromatic rings. The predicted octanol–water partition coefficient (Wildman–Crippen LogP) is 4.54. The first-order valence-corrected chi connectivity index (χ1v) is 10.1. The van der Waals surface area contributed by atoms with Gasteiger partial charge in [0.1, 0.15) is 12.4 Å². The maximum atomic E-state index is 5.99. The van der Waals surface area contributed by atoms with Crippen molar-refractivity contribution in [2.24, 2.45) is 0 Å². The Hall–Kier alpha value is -2.10. The van der Waals surface area contributed by atoms with Crippen LogP contribution in [-0.2, 0) is 0 Å². The number of benzene rings is 2. The Morgan fingerprint density at radius 1 is 0.889 bits per heavy atom.